The summed E-state index contributed by atoms with van der Waals surface area (Å²) >= 11 is 0. The molecule has 0 saturated carbocycles. The van der Waals surface area contributed by atoms with Gasteiger partial charge in [0.05, 0.1) is 0 Å². The molecule has 0 aromatic heterocycles. The second-order valence-electron chi connectivity index (χ2n) is 9.30. The normalized spacial score (nSPS) is 12.0. The van der Waals surface area contributed by atoms with Gasteiger partial charge in [0.2, 0.25) is 5.91 Å². The van der Waals surface area contributed by atoms with Crippen LogP contribution in [0.15, 0.2) is 12.2 Å². The number of hydrogen-bond donors (Lipinski definition) is 2. The molecule has 0 aliphatic heterocycles. The third-order valence-corrected chi connectivity index (χ3v) is 6.51. The molecule has 1 amide bonds. The fourth-order valence-corrected chi connectivity index (χ4v) is 4.14. The van der Waals surface area contributed by atoms with Gasteiger partial charge in [-0.2, -0.15) is 0 Å². The van der Waals surface area contributed by atoms with Gasteiger partial charge in [-0.1, -0.05) is 70.4 Å². The van der Waals surface area contributed by atoms with Crippen LogP contribution >= 0.6 is 0 Å². The minimum Gasteiger partial charge on any atom is -0.341 e. The number of allylic oxidation sites excluding steroid dienone is 2. The van der Waals surface area contributed by atoms with Crippen molar-refractivity contribution >= 4 is 5.91 Å². The Balaban J connectivity index is 4.05. The Morgan fingerprint density at radius 1 is 0.800 bits per heavy atom. The van der Waals surface area contributed by atoms with Gasteiger partial charge in [0, 0.05) is 66.9 Å². The maximum absolute atomic E-state index is 12.9. The van der Waals surface area contributed by atoms with Crippen LogP contribution < -0.4 is 11.1 Å². The van der Waals surface area contributed by atoms with Crippen molar-refractivity contribution in [3.05, 3.63) is 12.2 Å². The highest BCUT2D eigenvalue weighted by Crippen LogP contribution is 2.18. The summed E-state index contributed by atoms with van der Waals surface area (Å²) in [6, 6.07) is 0. The average Bonchev–Trinajstić information content (AvgIpc) is 2.88. The number of rotatable bonds is 26. The standard InChI is InChI=1S/C28H57N3O4/c1-5-6-7-8-9-10-11-12-13-14-15-16-17-18-19-20-27(32)31(26-24-30-23-22-29)25-21-28(33-2,34-3)35-4/h12-13,30H,5-11,14-26,29H2,1-4H3/b13-12-. The molecular weight excluding hydrogens is 442 g/mol. The highest BCUT2D eigenvalue weighted by molar-refractivity contribution is 5.76. The number of methoxy groups -OCH3 is 3. The third-order valence-electron chi connectivity index (χ3n) is 6.51. The van der Waals surface area contributed by atoms with Crippen LogP contribution in [0.25, 0.3) is 0 Å². The summed E-state index contributed by atoms with van der Waals surface area (Å²) < 4.78 is 16.1. The zero-order valence-electron chi connectivity index (χ0n) is 23.5. The van der Waals surface area contributed by atoms with Crippen molar-refractivity contribution in [3.63, 3.8) is 0 Å². The Morgan fingerprint density at radius 3 is 1.89 bits per heavy atom. The van der Waals surface area contributed by atoms with Crippen LogP contribution in [0.3, 0.4) is 0 Å². The van der Waals surface area contributed by atoms with Gasteiger partial charge in [-0.25, -0.2) is 0 Å². The van der Waals surface area contributed by atoms with E-state index in [0.29, 0.717) is 32.5 Å². The molecule has 0 heterocycles. The molecule has 0 fully saturated rings. The fourth-order valence-electron chi connectivity index (χ4n) is 4.14. The van der Waals surface area contributed by atoms with E-state index in [2.05, 4.69) is 24.4 Å². The average molecular weight is 500 g/mol. The SMILES string of the molecule is CCCCCCCC/C=C\CCCCCCCC(=O)N(CCNCCN)CCC(OC)(OC)OC. The zero-order chi connectivity index (χ0) is 26.0. The van der Waals surface area contributed by atoms with Crippen molar-refractivity contribution in [2.45, 2.75) is 109 Å². The molecule has 0 aromatic rings. The first-order valence-corrected chi connectivity index (χ1v) is 14.1. The number of carbonyl (C=O) groups excluding carboxylic acids is 1. The molecule has 7 nitrogen and oxygen atoms in total. The number of unbranched alkanes of at least 4 members (excludes halogenated alkanes) is 11. The molecule has 0 radical (unpaired) electrons. The third kappa shape index (κ3) is 18.9. The smallest absolute Gasteiger partial charge is 0.283 e. The predicted octanol–water partition coefficient (Wildman–Crippen LogP) is 5.38. The maximum Gasteiger partial charge on any atom is 0.283 e. The van der Waals surface area contributed by atoms with Crippen molar-refractivity contribution in [2.24, 2.45) is 5.73 Å². The molecule has 0 atom stereocenters. The quantitative estimate of drug-likeness (QED) is 0.0943. The van der Waals surface area contributed by atoms with Crippen LogP contribution in [0.5, 0.6) is 0 Å². The van der Waals surface area contributed by atoms with Crippen LogP contribution in [-0.4, -0.2) is 70.8 Å². The Morgan fingerprint density at radius 2 is 1.34 bits per heavy atom. The van der Waals surface area contributed by atoms with Gasteiger partial charge in [0.1, 0.15) is 0 Å². The first kappa shape index (κ1) is 34.0. The monoisotopic (exact) mass is 499 g/mol. The lowest BCUT2D eigenvalue weighted by atomic mass is 10.1. The van der Waals surface area contributed by atoms with E-state index < -0.39 is 5.97 Å². The summed E-state index contributed by atoms with van der Waals surface area (Å²) in [6.45, 7) is 5.47. The van der Waals surface area contributed by atoms with Crippen molar-refractivity contribution in [1.82, 2.24) is 10.2 Å². The summed E-state index contributed by atoms with van der Waals surface area (Å²) in [5.41, 5.74) is 5.55. The lowest BCUT2D eigenvalue weighted by molar-refractivity contribution is -0.355. The molecule has 208 valence electrons. The van der Waals surface area contributed by atoms with Crippen molar-refractivity contribution < 1.29 is 19.0 Å². The van der Waals surface area contributed by atoms with E-state index in [0.717, 1.165) is 25.9 Å². The number of ether oxygens (including phenoxy) is 3. The van der Waals surface area contributed by atoms with Gasteiger partial charge >= 0.3 is 0 Å². The van der Waals surface area contributed by atoms with Gasteiger partial charge < -0.3 is 30.2 Å². The summed E-state index contributed by atoms with van der Waals surface area (Å²) in [6.07, 6.45) is 22.0. The largest absolute Gasteiger partial charge is 0.341 e. The predicted molar refractivity (Wildman–Crippen MR) is 146 cm³/mol. The number of carbonyl (C=O) groups is 1. The molecule has 35 heavy (non-hydrogen) atoms. The molecular formula is C28H57N3O4. The number of nitrogens with two attached hydrogens (primary N) is 1. The highest BCUT2D eigenvalue weighted by Gasteiger charge is 2.30. The van der Waals surface area contributed by atoms with E-state index in [1.165, 1.54) is 70.6 Å². The summed E-state index contributed by atoms with van der Waals surface area (Å²) in [5.74, 6) is -0.943. The van der Waals surface area contributed by atoms with Crippen molar-refractivity contribution in [3.8, 4) is 0 Å². The highest BCUT2D eigenvalue weighted by atomic mass is 16.9. The van der Waals surface area contributed by atoms with Crippen LogP contribution in [-0.2, 0) is 19.0 Å². The Bertz CT molecular complexity index is 490. The molecule has 0 saturated heterocycles. The number of nitrogens with zero attached hydrogens (tertiary/aromatic N) is 1. The van der Waals surface area contributed by atoms with Crippen LogP contribution in [0.1, 0.15) is 103 Å². The zero-order valence-corrected chi connectivity index (χ0v) is 23.5. The van der Waals surface area contributed by atoms with E-state index in [9.17, 15) is 4.79 Å². The maximum atomic E-state index is 12.9. The first-order valence-electron chi connectivity index (χ1n) is 14.1. The van der Waals surface area contributed by atoms with Crippen LogP contribution in [0.4, 0.5) is 0 Å². The minimum atomic E-state index is -1.12. The number of amides is 1. The number of nitrogens with one attached hydrogen (secondary N) is 1. The number of hydrogen-bond acceptors (Lipinski definition) is 6. The second kappa shape index (κ2) is 24.7. The summed E-state index contributed by atoms with van der Waals surface area (Å²) in [5, 5.41) is 3.26. The van der Waals surface area contributed by atoms with Crippen molar-refractivity contribution in [2.75, 3.05) is 54.1 Å². The Hall–Kier alpha value is -0.990. The van der Waals surface area contributed by atoms with E-state index in [4.69, 9.17) is 19.9 Å². The minimum absolute atomic E-state index is 0.175. The summed E-state index contributed by atoms with van der Waals surface area (Å²) in [4.78, 5) is 14.7. The van der Waals surface area contributed by atoms with E-state index in [1.54, 1.807) is 21.3 Å². The second-order valence-corrected chi connectivity index (χ2v) is 9.30. The molecule has 0 aliphatic rings. The fraction of sp³-hybridized carbons (Fsp3) is 0.893. The molecule has 0 aliphatic carbocycles. The van der Waals surface area contributed by atoms with E-state index in [-0.39, 0.29) is 5.91 Å². The molecule has 0 rings (SSSR count). The van der Waals surface area contributed by atoms with Gasteiger partial charge in [-0.15, -0.1) is 0 Å². The molecule has 0 bridgehead atoms. The summed E-state index contributed by atoms with van der Waals surface area (Å²) in [7, 11) is 4.65. The molecule has 3 N–H and O–H groups in total. The lowest BCUT2D eigenvalue weighted by Crippen LogP contribution is -2.44. The first-order chi connectivity index (χ1) is 17.1. The van der Waals surface area contributed by atoms with Gasteiger partial charge in [-0.05, 0) is 32.1 Å². The lowest BCUT2D eigenvalue weighted by Gasteiger charge is -2.32. The molecule has 0 aromatic carbocycles. The van der Waals surface area contributed by atoms with E-state index >= 15 is 0 Å². The van der Waals surface area contributed by atoms with Crippen molar-refractivity contribution in [1.29, 1.82) is 0 Å². The van der Waals surface area contributed by atoms with Gasteiger partial charge in [-0.3, -0.25) is 4.79 Å². The van der Waals surface area contributed by atoms with Crippen LogP contribution in [0.2, 0.25) is 0 Å². The molecule has 0 unspecified atom stereocenters. The Kier molecular flexibility index (Phi) is 24.0. The van der Waals surface area contributed by atoms with E-state index in [1.807, 2.05) is 4.90 Å². The van der Waals surface area contributed by atoms with Gasteiger partial charge in [0.15, 0.2) is 0 Å². The van der Waals surface area contributed by atoms with Crippen LogP contribution in [0, 0.1) is 0 Å². The van der Waals surface area contributed by atoms with Gasteiger partial charge in [0.25, 0.3) is 5.97 Å². The topological polar surface area (TPSA) is 86.1 Å². The molecule has 0 spiro atoms. The molecule has 7 heteroatoms. The Labute approximate surface area is 216 Å².